The van der Waals surface area contributed by atoms with Crippen molar-refractivity contribution >= 4 is 10.0 Å². The lowest BCUT2D eigenvalue weighted by molar-refractivity contribution is 0.470. The molecule has 0 fully saturated rings. The summed E-state index contributed by atoms with van der Waals surface area (Å²) in [4.78, 5) is 4.04. The van der Waals surface area contributed by atoms with Gasteiger partial charge in [0, 0.05) is 12.4 Å². The minimum Gasteiger partial charge on any atom is -0.264 e. The van der Waals surface area contributed by atoms with Gasteiger partial charge < -0.3 is 0 Å². The number of hydrogen-bond donors (Lipinski definition) is 1. The molecule has 1 N–H and O–H groups in total. The zero-order valence-electron chi connectivity index (χ0n) is 12.1. The molecule has 2 aromatic rings. The lowest BCUT2D eigenvalue weighted by Gasteiger charge is -2.26. The van der Waals surface area contributed by atoms with Crippen molar-refractivity contribution in [1.29, 1.82) is 0 Å². The third-order valence-electron chi connectivity index (χ3n) is 3.21. The van der Waals surface area contributed by atoms with Crippen LogP contribution in [0, 0.1) is 12.7 Å². The van der Waals surface area contributed by atoms with E-state index in [9.17, 15) is 12.8 Å². The van der Waals surface area contributed by atoms with Crippen LogP contribution in [0.3, 0.4) is 0 Å². The summed E-state index contributed by atoms with van der Waals surface area (Å²) < 4.78 is 40.7. The Kier molecular flexibility index (Phi) is 4.11. The highest BCUT2D eigenvalue weighted by atomic mass is 32.2. The summed E-state index contributed by atoms with van der Waals surface area (Å²) in [7, 11) is -3.75. The van der Waals surface area contributed by atoms with Crippen molar-refractivity contribution in [3.05, 3.63) is 59.7 Å². The van der Waals surface area contributed by atoms with Crippen LogP contribution in [0.4, 0.5) is 4.39 Å². The zero-order chi connectivity index (χ0) is 15.7. The Morgan fingerprint density at radius 1 is 1.24 bits per heavy atom. The lowest BCUT2D eigenvalue weighted by Crippen LogP contribution is -2.41. The molecule has 0 saturated heterocycles. The van der Waals surface area contributed by atoms with Crippen LogP contribution in [-0.4, -0.2) is 13.4 Å². The van der Waals surface area contributed by atoms with E-state index in [-0.39, 0.29) is 10.5 Å². The molecule has 0 spiro atoms. The van der Waals surface area contributed by atoms with Gasteiger partial charge >= 0.3 is 0 Å². The van der Waals surface area contributed by atoms with Crippen LogP contribution >= 0.6 is 0 Å². The van der Waals surface area contributed by atoms with Gasteiger partial charge in [-0.3, -0.25) is 4.98 Å². The molecule has 0 aliphatic rings. The number of nitrogens with one attached hydrogen (secondary N) is 1. The number of aryl methyl sites for hydroxylation is 1. The van der Waals surface area contributed by atoms with E-state index in [1.165, 1.54) is 19.1 Å². The van der Waals surface area contributed by atoms with Crippen molar-refractivity contribution < 1.29 is 12.8 Å². The molecule has 21 heavy (non-hydrogen) atoms. The van der Waals surface area contributed by atoms with Gasteiger partial charge in [-0.15, -0.1) is 0 Å². The van der Waals surface area contributed by atoms with E-state index in [1.54, 1.807) is 38.4 Å². The largest absolute Gasteiger partial charge is 0.264 e. The summed E-state index contributed by atoms with van der Waals surface area (Å²) >= 11 is 0. The number of rotatable bonds is 4. The van der Waals surface area contributed by atoms with Crippen molar-refractivity contribution in [2.75, 3.05) is 0 Å². The van der Waals surface area contributed by atoms with Crippen LogP contribution in [-0.2, 0) is 15.6 Å². The molecule has 0 bridgehead atoms. The third-order valence-corrected chi connectivity index (χ3v) is 4.87. The van der Waals surface area contributed by atoms with Gasteiger partial charge in [0.15, 0.2) is 0 Å². The first-order valence-corrected chi connectivity index (χ1v) is 7.91. The van der Waals surface area contributed by atoms with Crippen molar-refractivity contribution in [2.24, 2.45) is 0 Å². The molecule has 0 unspecified atom stereocenters. The summed E-state index contributed by atoms with van der Waals surface area (Å²) in [6.07, 6.45) is 3.23. The average Bonchev–Trinajstić information content (AvgIpc) is 2.41. The summed E-state index contributed by atoms with van der Waals surface area (Å²) in [6, 6.07) is 7.26. The molecular formula is C15H17FN2O2S. The number of pyridine rings is 1. The summed E-state index contributed by atoms with van der Waals surface area (Å²) in [5, 5.41) is 0. The number of aromatic nitrogens is 1. The van der Waals surface area contributed by atoms with Crippen molar-refractivity contribution in [2.45, 2.75) is 31.2 Å². The Hall–Kier alpha value is -1.79. The first kappa shape index (κ1) is 15.6. The SMILES string of the molecule is Cc1cc(S(=O)(=O)NC(C)(C)c2cccnc2)ccc1F. The van der Waals surface area contributed by atoms with Crippen molar-refractivity contribution in [1.82, 2.24) is 9.71 Å². The van der Waals surface area contributed by atoms with E-state index in [1.807, 2.05) is 0 Å². The van der Waals surface area contributed by atoms with E-state index >= 15 is 0 Å². The van der Waals surface area contributed by atoms with Gasteiger partial charge in [0.25, 0.3) is 0 Å². The molecule has 6 heteroatoms. The van der Waals surface area contributed by atoms with Gasteiger partial charge in [-0.2, -0.15) is 0 Å². The number of benzene rings is 1. The molecule has 4 nitrogen and oxygen atoms in total. The number of nitrogens with zero attached hydrogens (tertiary/aromatic N) is 1. The molecule has 1 heterocycles. The van der Waals surface area contributed by atoms with Gasteiger partial charge in [0.1, 0.15) is 5.82 Å². The topological polar surface area (TPSA) is 59.1 Å². The molecule has 0 saturated carbocycles. The lowest BCUT2D eigenvalue weighted by atomic mass is 9.98. The molecule has 0 amide bonds. The Bertz CT molecular complexity index is 744. The predicted molar refractivity (Wildman–Crippen MR) is 78.7 cm³/mol. The van der Waals surface area contributed by atoms with Gasteiger partial charge in [-0.25, -0.2) is 17.5 Å². The Balaban J connectivity index is 2.35. The Morgan fingerprint density at radius 3 is 2.52 bits per heavy atom. The molecular weight excluding hydrogens is 291 g/mol. The standard InChI is InChI=1S/C15H17FN2O2S/c1-11-9-13(6-7-14(11)16)21(19,20)18-15(2,3)12-5-4-8-17-10-12/h4-10,18H,1-3H3. The van der Waals surface area contributed by atoms with Gasteiger partial charge in [-0.05, 0) is 56.2 Å². The molecule has 112 valence electrons. The second-order valence-corrected chi connectivity index (χ2v) is 7.07. The van der Waals surface area contributed by atoms with Crippen LogP contribution in [0.25, 0.3) is 0 Å². The average molecular weight is 308 g/mol. The molecule has 0 aliphatic carbocycles. The van der Waals surface area contributed by atoms with E-state index in [2.05, 4.69) is 9.71 Å². The van der Waals surface area contributed by atoms with Crippen LogP contribution in [0.2, 0.25) is 0 Å². The van der Waals surface area contributed by atoms with Crippen LogP contribution in [0.1, 0.15) is 25.0 Å². The predicted octanol–water partition coefficient (Wildman–Crippen LogP) is 2.74. The van der Waals surface area contributed by atoms with E-state index in [0.29, 0.717) is 0 Å². The number of hydrogen-bond acceptors (Lipinski definition) is 3. The smallest absolute Gasteiger partial charge is 0.241 e. The molecule has 0 radical (unpaired) electrons. The molecule has 1 aromatic heterocycles. The van der Waals surface area contributed by atoms with E-state index in [0.717, 1.165) is 11.6 Å². The molecule has 1 aromatic carbocycles. The maximum Gasteiger partial charge on any atom is 0.241 e. The van der Waals surface area contributed by atoms with Crippen molar-refractivity contribution in [3.8, 4) is 0 Å². The molecule has 0 aliphatic heterocycles. The minimum absolute atomic E-state index is 0.0402. The van der Waals surface area contributed by atoms with Gasteiger partial charge in [0.2, 0.25) is 10.0 Å². The van der Waals surface area contributed by atoms with Crippen LogP contribution in [0.5, 0.6) is 0 Å². The summed E-state index contributed by atoms with van der Waals surface area (Å²) in [5.74, 6) is -0.430. The number of sulfonamides is 1. The van der Waals surface area contributed by atoms with Crippen LogP contribution < -0.4 is 4.72 Å². The summed E-state index contributed by atoms with van der Waals surface area (Å²) in [6.45, 7) is 5.02. The number of halogens is 1. The maximum atomic E-state index is 13.3. The Morgan fingerprint density at radius 2 is 1.95 bits per heavy atom. The maximum absolute atomic E-state index is 13.3. The fraction of sp³-hybridized carbons (Fsp3) is 0.267. The molecule has 2 rings (SSSR count). The van der Waals surface area contributed by atoms with E-state index in [4.69, 9.17) is 0 Å². The second-order valence-electron chi connectivity index (χ2n) is 5.38. The van der Waals surface area contributed by atoms with Gasteiger partial charge in [0.05, 0.1) is 10.4 Å². The third kappa shape index (κ3) is 3.46. The highest BCUT2D eigenvalue weighted by Gasteiger charge is 2.28. The van der Waals surface area contributed by atoms with E-state index < -0.39 is 21.4 Å². The highest BCUT2D eigenvalue weighted by molar-refractivity contribution is 7.89. The quantitative estimate of drug-likeness (QED) is 0.945. The highest BCUT2D eigenvalue weighted by Crippen LogP contribution is 2.23. The second kappa shape index (κ2) is 5.54. The van der Waals surface area contributed by atoms with Crippen LogP contribution in [0.15, 0.2) is 47.6 Å². The summed E-state index contributed by atoms with van der Waals surface area (Å²) in [5.41, 5.74) is 0.208. The van der Waals surface area contributed by atoms with Gasteiger partial charge in [-0.1, -0.05) is 6.07 Å². The molecule has 0 atom stereocenters. The van der Waals surface area contributed by atoms with Crippen molar-refractivity contribution in [3.63, 3.8) is 0 Å². The normalized spacial score (nSPS) is 12.4. The minimum atomic E-state index is -3.75. The fourth-order valence-electron chi connectivity index (χ4n) is 1.97. The first-order valence-electron chi connectivity index (χ1n) is 6.43. The zero-order valence-corrected chi connectivity index (χ0v) is 12.9. The Labute approximate surface area is 124 Å². The first-order chi connectivity index (χ1) is 9.72. The fourth-order valence-corrected chi connectivity index (χ4v) is 3.46. The monoisotopic (exact) mass is 308 g/mol.